The van der Waals surface area contributed by atoms with E-state index in [0.29, 0.717) is 82.7 Å². The number of carbonyl (C=O) groups excluding carboxylic acids is 4. The number of nitrogens with one attached hydrogen (secondary N) is 3. The number of para-hydroxylation sites is 2. The van der Waals surface area contributed by atoms with E-state index in [1.54, 1.807) is 36.1 Å². The van der Waals surface area contributed by atoms with Crippen LogP contribution in [-0.4, -0.2) is 114 Å². The van der Waals surface area contributed by atoms with Crippen LogP contribution < -0.4 is 49.6 Å². The first-order valence-electron chi connectivity index (χ1n) is 27.7. The van der Waals surface area contributed by atoms with Crippen molar-refractivity contribution < 1.29 is 50.7 Å². The predicted molar refractivity (Wildman–Crippen MR) is 323 cm³/mol. The lowest BCUT2D eigenvalue weighted by Crippen LogP contribution is -2.41. The van der Waals surface area contributed by atoms with Crippen molar-refractivity contribution in [1.82, 2.24) is 5.32 Å². The molecular formula is C61H74N6O11S3. The first kappa shape index (κ1) is 59.2. The number of nitrogens with zero attached hydrogens (tertiary/aromatic N) is 3. The number of hydrogen-bond donors (Lipinski definition) is 3. The van der Waals surface area contributed by atoms with E-state index in [-0.39, 0.29) is 72.8 Å². The zero-order chi connectivity index (χ0) is 57.4. The van der Waals surface area contributed by atoms with Crippen molar-refractivity contribution in [3.63, 3.8) is 0 Å². The zero-order valence-corrected chi connectivity index (χ0v) is 49.7. The molecule has 4 aliphatic heterocycles. The molecule has 0 bridgehead atoms. The standard InChI is InChI=1S/C61H74N6O11S3/c1-8-62-24-15-9-10-20-52(68)57(81(72,73)76-7)22-25-79-80-61(2,3)23-21-58(69)64-43-27-39(37-77-55-33-48-46(31-53(55)74-5)59(70)66-44(35-63-48)29-41-16-11-13-18-49(41)66)26-40(28-43)38-78-56-34-51-47(32-54(56)75-6)60(71)67-45(36-65(51)4)30-42-17-12-14-19-50(42)67/h11-14,16-19,26-28,31-34,44-45,57,62-63H,8-10,15,20-25,29-30,35-38H2,1-7H3,(H,64,69)/t44-,45-,57?/m0/s1. The summed E-state index contributed by atoms with van der Waals surface area (Å²) in [5.41, 5.74) is 8.43. The van der Waals surface area contributed by atoms with Gasteiger partial charge in [-0.25, -0.2) is 0 Å². The number of methoxy groups -OCH3 is 2. The number of ether oxygens (including phenoxy) is 4. The van der Waals surface area contributed by atoms with Crippen LogP contribution in [0.1, 0.15) is 109 Å². The first-order valence-corrected chi connectivity index (χ1v) is 31.5. The Kier molecular flexibility index (Phi) is 19.1. The predicted octanol–water partition coefficient (Wildman–Crippen LogP) is 10.2. The van der Waals surface area contributed by atoms with Gasteiger partial charge in [-0.2, -0.15) is 8.42 Å². The van der Waals surface area contributed by atoms with Crippen LogP contribution in [0, 0.1) is 0 Å². The van der Waals surface area contributed by atoms with Crippen molar-refractivity contribution in [1.29, 1.82) is 0 Å². The fraction of sp³-hybridized carbons (Fsp3) is 0.443. The van der Waals surface area contributed by atoms with Crippen LogP contribution in [0.3, 0.4) is 0 Å². The van der Waals surface area contributed by atoms with Crippen LogP contribution in [0.15, 0.2) is 91.0 Å². The smallest absolute Gasteiger partial charge is 0.277 e. The normalized spacial score (nSPS) is 16.7. The summed E-state index contributed by atoms with van der Waals surface area (Å²) in [5, 5.41) is 8.64. The molecule has 5 aromatic carbocycles. The molecule has 20 heteroatoms. The second-order valence-electron chi connectivity index (χ2n) is 21.5. The van der Waals surface area contributed by atoms with E-state index >= 15 is 0 Å². The van der Waals surface area contributed by atoms with Crippen LogP contribution in [-0.2, 0) is 49.9 Å². The molecule has 0 saturated heterocycles. The fourth-order valence-corrected chi connectivity index (χ4v) is 15.0. The molecule has 5 aromatic rings. The van der Waals surface area contributed by atoms with Gasteiger partial charge >= 0.3 is 0 Å². The quantitative estimate of drug-likeness (QED) is 0.0255. The Balaban J connectivity index is 0.896. The molecule has 9 rings (SSSR count). The summed E-state index contributed by atoms with van der Waals surface area (Å²) in [7, 11) is 5.14. The third-order valence-corrected chi connectivity index (χ3v) is 20.4. The van der Waals surface area contributed by atoms with Crippen LogP contribution in [0.2, 0.25) is 0 Å². The summed E-state index contributed by atoms with van der Waals surface area (Å²) in [6.45, 7) is 9.14. The monoisotopic (exact) mass is 1160 g/mol. The van der Waals surface area contributed by atoms with E-state index in [4.69, 9.17) is 23.1 Å². The molecule has 1 unspecified atom stereocenters. The van der Waals surface area contributed by atoms with Gasteiger partial charge in [0.1, 0.15) is 18.5 Å². The van der Waals surface area contributed by atoms with Gasteiger partial charge < -0.3 is 49.6 Å². The highest BCUT2D eigenvalue weighted by molar-refractivity contribution is 8.77. The first-order chi connectivity index (χ1) is 39.0. The van der Waals surface area contributed by atoms with Gasteiger partial charge in [0.05, 0.1) is 55.9 Å². The average Bonchev–Trinajstić information content (AvgIpc) is 3.45. The number of ketones is 1. The lowest BCUT2D eigenvalue weighted by Gasteiger charge is -2.25. The molecule has 0 radical (unpaired) electrons. The van der Waals surface area contributed by atoms with Crippen molar-refractivity contribution in [2.75, 3.05) is 85.6 Å². The average molecular weight is 1160 g/mol. The summed E-state index contributed by atoms with van der Waals surface area (Å²) in [4.78, 5) is 61.4. The summed E-state index contributed by atoms with van der Waals surface area (Å²) in [6.07, 6.45) is 4.86. The minimum absolute atomic E-state index is 0.0335. The number of amides is 3. The summed E-state index contributed by atoms with van der Waals surface area (Å²) < 4.78 is 54.9. The van der Waals surface area contributed by atoms with E-state index in [9.17, 15) is 27.6 Å². The van der Waals surface area contributed by atoms with Crippen molar-refractivity contribution in [3.8, 4) is 23.0 Å². The third-order valence-electron chi connectivity index (χ3n) is 15.3. The maximum Gasteiger partial charge on any atom is 0.277 e. The van der Waals surface area contributed by atoms with Gasteiger partial charge in [-0.05, 0) is 130 Å². The summed E-state index contributed by atoms with van der Waals surface area (Å²) >= 11 is 0. The highest BCUT2D eigenvalue weighted by Crippen LogP contribution is 2.44. The summed E-state index contributed by atoms with van der Waals surface area (Å²) in [6, 6.07) is 28.7. The van der Waals surface area contributed by atoms with Gasteiger partial charge in [0.2, 0.25) is 5.91 Å². The van der Waals surface area contributed by atoms with Gasteiger partial charge in [-0.3, -0.25) is 23.4 Å². The molecule has 0 fully saturated rings. The molecule has 4 aliphatic rings. The molecule has 17 nitrogen and oxygen atoms in total. The van der Waals surface area contributed by atoms with Crippen molar-refractivity contribution in [2.45, 2.75) is 114 Å². The van der Waals surface area contributed by atoms with Crippen LogP contribution in [0.4, 0.5) is 28.4 Å². The largest absolute Gasteiger partial charge is 0.493 e. The maximum atomic E-state index is 14.3. The van der Waals surface area contributed by atoms with E-state index in [2.05, 4.69) is 33.0 Å². The second kappa shape index (κ2) is 26.2. The second-order valence-corrected chi connectivity index (χ2v) is 26.6. The molecule has 0 aromatic heterocycles. The summed E-state index contributed by atoms with van der Waals surface area (Å²) in [5.74, 6) is 1.30. The lowest BCUT2D eigenvalue weighted by molar-refractivity contribution is -0.119. The molecule has 0 spiro atoms. The van der Waals surface area contributed by atoms with Gasteiger partial charge in [0.25, 0.3) is 21.9 Å². The van der Waals surface area contributed by atoms with Crippen molar-refractivity contribution >= 4 is 83.6 Å². The number of likely N-dealkylation sites (N-methyl/N-ethyl adjacent to an activating group) is 1. The Morgan fingerprint density at radius 1 is 0.753 bits per heavy atom. The Morgan fingerprint density at radius 2 is 1.37 bits per heavy atom. The van der Waals surface area contributed by atoms with E-state index in [0.717, 1.165) is 79.6 Å². The molecule has 0 saturated carbocycles. The number of carbonyl (C=O) groups is 4. The van der Waals surface area contributed by atoms with Crippen LogP contribution in [0.25, 0.3) is 0 Å². The number of hydrogen-bond acceptors (Lipinski definition) is 16. The van der Waals surface area contributed by atoms with Gasteiger partial charge in [0, 0.05) is 72.7 Å². The highest BCUT2D eigenvalue weighted by Gasteiger charge is 2.41. The van der Waals surface area contributed by atoms with Crippen molar-refractivity contribution in [3.05, 3.63) is 124 Å². The number of benzene rings is 5. The Bertz CT molecular complexity index is 3250. The lowest BCUT2D eigenvalue weighted by atomic mass is 10.1. The third kappa shape index (κ3) is 13.7. The number of fused-ring (bicyclic) bond motifs is 8. The number of Topliss-reactive ketones (excluding diaryl/α,β-unsaturated/α-hetero) is 1. The van der Waals surface area contributed by atoms with Gasteiger partial charge in [0.15, 0.2) is 28.8 Å². The Morgan fingerprint density at radius 3 is 2.02 bits per heavy atom. The molecule has 81 heavy (non-hydrogen) atoms. The molecule has 0 aliphatic carbocycles. The molecule has 432 valence electrons. The topological polar surface area (TPSA) is 194 Å². The van der Waals surface area contributed by atoms with Crippen molar-refractivity contribution in [2.24, 2.45) is 0 Å². The zero-order valence-electron chi connectivity index (χ0n) is 47.3. The minimum atomic E-state index is -4.06. The molecule has 3 amide bonds. The Hall–Kier alpha value is -6.45. The van der Waals surface area contributed by atoms with Gasteiger partial charge in [-0.1, -0.05) is 71.3 Å². The minimum Gasteiger partial charge on any atom is -0.493 e. The van der Waals surface area contributed by atoms with Crippen LogP contribution >= 0.6 is 21.6 Å². The van der Waals surface area contributed by atoms with Gasteiger partial charge in [-0.15, -0.1) is 0 Å². The highest BCUT2D eigenvalue weighted by atomic mass is 33.1. The number of anilines is 5. The van der Waals surface area contributed by atoms with E-state index < -0.39 is 15.4 Å². The Labute approximate surface area is 484 Å². The molecule has 3 atom stereocenters. The molecule has 3 N–H and O–H groups in total. The molecular weight excluding hydrogens is 1090 g/mol. The van der Waals surface area contributed by atoms with E-state index in [1.165, 1.54) is 17.9 Å². The van der Waals surface area contributed by atoms with E-state index in [1.807, 2.05) is 98.3 Å². The van der Waals surface area contributed by atoms with Crippen LogP contribution in [0.5, 0.6) is 23.0 Å². The molecule has 4 heterocycles. The number of unbranched alkanes of at least 4 members (excludes halogenated alkanes) is 2. The fourth-order valence-electron chi connectivity index (χ4n) is 11.2. The SMILES string of the molecule is CCNCCCCCC(=O)C(CCSSC(C)(C)CCC(=O)Nc1cc(COc2cc3c(cc2OC)C(=O)N2c4ccccc4C[C@H]2CN3)cc(COc2cc3c(cc2OC)C(=O)N2c4ccccc4C[C@H]2CN3C)c1)S(=O)(=O)OC. The maximum absolute atomic E-state index is 14.3. The number of rotatable bonds is 27.